The van der Waals surface area contributed by atoms with Crippen LogP contribution in [-0.2, 0) is 0 Å². The molecule has 0 aromatic carbocycles. The molecule has 1 rings (SSSR count). The van der Waals surface area contributed by atoms with Gasteiger partial charge >= 0.3 is 5.69 Å². The van der Waals surface area contributed by atoms with Crippen molar-refractivity contribution in [2.45, 2.75) is 0 Å². The summed E-state index contributed by atoms with van der Waals surface area (Å²) in [6.45, 7) is 0. The molecule has 0 unspecified atom stereocenters. The van der Waals surface area contributed by atoms with Crippen molar-refractivity contribution in [3.63, 3.8) is 0 Å². The van der Waals surface area contributed by atoms with Crippen molar-refractivity contribution in [1.29, 1.82) is 0 Å². The summed E-state index contributed by atoms with van der Waals surface area (Å²) in [5, 5.41) is 18.5. The number of H-pyrrole nitrogens is 2. The Labute approximate surface area is 88.1 Å². The number of hydrogen-bond acceptors (Lipinski definition) is 5. The fraction of sp³-hybridized carbons (Fsp3) is 0.167. The van der Waals surface area contributed by atoms with E-state index in [1.807, 2.05) is 9.97 Å². The maximum Gasteiger partial charge on any atom is 0.328 e. The summed E-state index contributed by atoms with van der Waals surface area (Å²) in [5.74, 6) is -0.661. The van der Waals surface area contributed by atoms with E-state index in [9.17, 15) is 9.59 Å². The lowest BCUT2D eigenvalue weighted by atomic mass is 10.5. The average Bonchev–Trinajstić information content (AvgIpc) is 2.15. The third-order valence-corrected chi connectivity index (χ3v) is 1.64. The van der Waals surface area contributed by atoms with Gasteiger partial charge in [0.25, 0.3) is 5.56 Å². The Hall–Kier alpha value is -2.03. The van der Waals surface area contributed by atoms with Gasteiger partial charge in [-0.1, -0.05) is 0 Å². The summed E-state index contributed by atoms with van der Waals surface area (Å²) >= 11 is 4.63. The topological polar surface area (TPSA) is 123 Å². The molecule has 1 heterocycles. The molecule has 0 fully saturated rings. The lowest BCUT2D eigenvalue weighted by molar-refractivity contribution is 0.450. The highest BCUT2D eigenvalue weighted by atomic mass is 32.1. The van der Waals surface area contributed by atoms with E-state index in [2.05, 4.69) is 27.8 Å². The van der Waals surface area contributed by atoms with Gasteiger partial charge in [0.1, 0.15) is 0 Å². The van der Waals surface area contributed by atoms with E-state index < -0.39 is 22.8 Å². The first-order valence-electron chi connectivity index (χ1n) is 3.73. The van der Waals surface area contributed by atoms with Gasteiger partial charge in [-0.05, 0) is 12.2 Å². The van der Waals surface area contributed by atoms with Crippen LogP contribution in [0.3, 0.4) is 0 Å². The summed E-state index contributed by atoms with van der Waals surface area (Å²) in [6, 6.07) is 0. The molecule has 0 saturated heterocycles. The highest BCUT2D eigenvalue weighted by Gasteiger charge is 2.06. The summed E-state index contributed by atoms with van der Waals surface area (Å²) in [7, 11) is 1.53. The molecule has 0 aliphatic carbocycles. The van der Waals surface area contributed by atoms with Gasteiger partial charge in [-0.15, -0.1) is 10.2 Å². The molecule has 8 nitrogen and oxygen atoms in total. The molecule has 80 valence electrons. The molecular weight excluding hydrogens is 222 g/mol. The summed E-state index contributed by atoms with van der Waals surface area (Å²) in [5.41, 5.74) is -2.08. The van der Waals surface area contributed by atoms with E-state index >= 15 is 0 Å². The number of thiocarbonyl (C=S) groups is 1. The summed E-state index contributed by atoms with van der Waals surface area (Å²) < 4.78 is 0. The number of hydrogen-bond donors (Lipinski definition) is 4. The molecule has 0 radical (unpaired) electrons. The molecule has 0 spiro atoms. The Bertz CT molecular complexity index is 516. The highest BCUT2D eigenvalue weighted by Crippen LogP contribution is 2.15. The quantitative estimate of drug-likeness (QED) is 0.376. The van der Waals surface area contributed by atoms with Crippen molar-refractivity contribution in [3.8, 4) is 5.88 Å². The zero-order valence-electron chi connectivity index (χ0n) is 7.57. The number of azo groups is 1. The van der Waals surface area contributed by atoms with E-state index in [1.54, 1.807) is 0 Å². The highest BCUT2D eigenvalue weighted by molar-refractivity contribution is 7.80. The van der Waals surface area contributed by atoms with E-state index in [-0.39, 0.29) is 5.11 Å². The van der Waals surface area contributed by atoms with Gasteiger partial charge in [-0.25, -0.2) is 4.79 Å². The van der Waals surface area contributed by atoms with Gasteiger partial charge in [-0.3, -0.25) is 14.8 Å². The third-order valence-electron chi connectivity index (χ3n) is 1.35. The van der Waals surface area contributed by atoms with Crippen LogP contribution in [0, 0.1) is 0 Å². The second-order valence-corrected chi connectivity index (χ2v) is 2.75. The molecule has 9 heteroatoms. The first-order valence-corrected chi connectivity index (χ1v) is 4.14. The van der Waals surface area contributed by atoms with Crippen molar-refractivity contribution < 1.29 is 5.11 Å². The standard InChI is InChI=1S/C6H7N5O3S/c1-7-6(15)11-10-2-3(12)8-5(14)9-4(2)13/h1H3,(H,7,15)(H3,8,9,12,13,14). The molecule has 0 amide bonds. The van der Waals surface area contributed by atoms with E-state index in [1.165, 1.54) is 7.05 Å². The number of aromatic amines is 2. The van der Waals surface area contributed by atoms with Crippen LogP contribution in [0.2, 0.25) is 0 Å². The average molecular weight is 229 g/mol. The van der Waals surface area contributed by atoms with Gasteiger partial charge in [0, 0.05) is 7.05 Å². The van der Waals surface area contributed by atoms with Crippen molar-refractivity contribution in [1.82, 2.24) is 15.3 Å². The van der Waals surface area contributed by atoms with Crippen LogP contribution in [0.5, 0.6) is 5.88 Å². The molecular formula is C6H7N5O3S. The van der Waals surface area contributed by atoms with E-state index in [0.717, 1.165) is 0 Å². The maximum atomic E-state index is 11.1. The van der Waals surface area contributed by atoms with Gasteiger partial charge < -0.3 is 10.4 Å². The predicted octanol–water partition coefficient (Wildman–Crippen LogP) is -0.643. The van der Waals surface area contributed by atoms with E-state index in [0.29, 0.717) is 0 Å². The monoisotopic (exact) mass is 229 g/mol. The van der Waals surface area contributed by atoms with Crippen LogP contribution in [-0.4, -0.2) is 27.2 Å². The fourth-order valence-electron chi connectivity index (χ4n) is 0.706. The number of aromatic nitrogens is 2. The van der Waals surface area contributed by atoms with Crippen LogP contribution in [0.25, 0.3) is 0 Å². The van der Waals surface area contributed by atoms with Crippen LogP contribution in [0.15, 0.2) is 19.8 Å². The van der Waals surface area contributed by atoms with Crippen LogP contribution in [0.1, 0.15) is 0 Å². The fourth-order valence-corrected chi connectivity index (χ4v) is 0.747. The molecule has 15 heavy (non-hydrogen) atoms. The van der Waals surface area contributed by atoms with Gasteiger partial charge in [0.05, 0.1) is 0 Å². The van der Waals surface area contributed by atoms with Crippen LogP contribution in [0.4, 0.5) is 5.69 Å². The Morgan fingerprint density at radius 1 is 1.47 bits per heavy atom. The molecule has 0 aliphatic heterocycles. The lowest BCUT2D eigenvalue weighted by Gasteiger charge is -1.95. The molecule has 1 aromatic heterocycles. The predicted molar refractivity (Wildman–Crippen MR) is 55.5 cm³/mol. The Kier molecular flexibility index (Phi) is 3.29. The van der Waals surface area contributed by atoms with E-state index in [4.69, 9.17) is 5.11 Å². The first kappa shape index (κ1) is 11.0. The number of nitrogens with one attached hydrogen (secondary N) is 3. The number of nitrogens with zero attached hydrogens (tertiary/aromatic N) is 2. The van der Waals surface area contributed by atoms with Gasteiger partial charge in [0.2, 0.25) is 16.7 Å². The van der Waals surface area contributed by atoms with Crippen molar-refractivity contribution in [2.75, 3.05) is 7.05 Å². The molecule has 0 aliphatic rings. The minimum Gasteiger partial charge on any atom is -0.493 e. The zero-order valence-corrected chi connectivity index (χ0v) is 8.38. The van der Waals surface area contributed by atoms with Gasteiger partial charge in [-0.2, -0.15) is 0 Å². The lowest BCUT2D eigenvalue weighted by Crippen LogP contribution is -2.21. The second-order valence-electron chi connectivity index (χ2n) is 2.36. The molecule has 4 N–H and O–H groups in total. The molecule has 0 saturated carbocycles. The summed E-state index contributed by atoms with van der Waals surface area (Å²) in [4.78, 5) is 25.6. The second kappa shape index (κ2) is 4.46. The third kappa shape index (κ3) is 2.71. The zero-order chi connectivity index (χ0) is 11.4. The molecule has 0 atom stereocenters. The summed E-state index contributed by atoms with van der Waals surface area (Å²) in [6.07, 6.45) is 0. The van der Waals surface area contributed by atoms with Crippen LogP contribution >= 0.6 is 12.2 Å². The van der Waals surface area contributed by atoms with Gasteiger partial charge in [0.15, 0.2) is 0 Å². The molecule has 0 bridgehead atoms. The minimum atomic E-state index is -0.848. The minimum absolute atomic E-state index is 0.0417. The Balaban J connectivity index is 3.16. The largest absolute Gasteiger partial charge is 0.493 e. The molecule has 1 aromatic rings. The Morgan fingerprint density at radius 3 is 2.67 bits per heavy atom. The normalized spacial score (nSPS) is 10.5. The smallest absolute Gasteiger partial charge is 0.328 e. The van der Waals surface area contributed by atoms with Crippen molar-refractivity contribution >= 4 is 23.0 Å². The van der Waals surface area contributed by atoms with Crippen molar-refractivity contribution in [3.05, 3.63) is 20.8 Å². The number of rotatable bonds is 1. The number of aromatic hydroxyl groups is 1. The van der Waals surface area contributed by atoms with Crippen molar-refractivity contribution in [2.24, 2.45) is 10.2 Å². The SMILES string of the molecule is CNC(=S)N=Nc1c(O)[nH]c(=O)[nH]c1=O. The van der Waals surface area contributed by atoms with Crippen LogP contribution < -0.4 is 16.6 Å². The first-order chi connectivity index (χ1) is 7.04. The Morgan fingerprint density at radius 2 is 2.13 bits per heavy atom. The maximum absolute atomic E-state index is 11.1.